The number of ether oxygens (including phenoxy) is 1. The molecule has 1 aliphatic rings. The third-order valence-electron chi connectivity index (χ3n) is 3.21. The highest BCUT2D eigenvalue weighted by molar-refractivity contribution is 5.96. The number of hydrogen-bond donors (Lipinski definition) is 1. The molecule has 5 nitrogen and oxygen atoms in total. The molecule has 2 rings (SSSR count). The number of benzene rings is 1. The van der Waals surface area contributed by atoms with E-state index < -0.39 is 5.97 Å². The molecule has 1 amide bonds. The Morgan fingerprint density at radius 1 is 1.25 bits per heavy atom. The second-order valence-corrected chi connectivity index (χ2v) is 4.68. The number of carbonyl (C=O) groups is 2. The van der Waals surface area contributed by atoms with Crippen molar-refractivity contribution in [3.8, 4) is 0 Å². The molecule has 0 aliphatic carbocycles. The summed E-state index contributed by atoms with van der Waals surface area (Å²) < 4.78 is 4.62. The molecule has 1 aromatic carbocycles. The average molecular weight is 299 g/mol. The van der Waals surface area contributed by atoms with Crippen molar-refractivity contribution in [1.29, 1.82) is 0 Å². The Morgan fingerprint density at radius 2 is 1.85 bits per heavy atom. The van der Waals surface area contributed by atoms with E-state index >= 15 is 0 Å². The number of halogens is 1. The van der Waals surface area contributed by atoms with Gasteiger partial charge in [0, 0.05) is 31.2 Å². The van der Waals surface area contributed by atoms with Crippen molar-refractivity contribution in [2.75, 3.05) is 26.7 Å². The van der Waals surface area contributed by atoms with E-state index in [0.717, 1.165) is 6.54 Å². The summed E-state index contributed by atoms with van der Waals surface area (Å²) in [6, 6.07) is 6.88. The molecule has 0 unspecified atom stereocenters. The van der Waals surface area contributed by atoms with E-state index in [0.29, 0.717) is 30.3 Å². The molecule has 1 N–H and O–H groups in total. The summed E-state index contributed by atoms with van der Waals surface area (Å²) in [5, 5.41) is 3.29. The zero-order valence-electron chi connectivity index (χ0n) is 11.6. The van der Waals surface area contributed by atoms with Crippen LogP contribution in [0, 0.1) is 0 Å². The van der Waals surface area contributed by atoms with Crippen LogP contribution in [-0.2, 0) is 4.74 Å². The fourth-order valence-corrected chi connectivity index (χ4v) is 2.17. The molecule has 1 aliphatic heterocycles. The minimum Gasteiger partial charge on any atom is -0.465 e. The second kappa shape index (κ2) is 7.26. The molecule has 0 aromatic heterocycles. The van der Waals surface area contributed by atoms with Gasteiger partial charge in [-0.3, -0.25) is 4.79 Å². The quantitative estimate of drug-likeness (QED) is 0.837. The number of carbonyl (C=O) groups excluding carboxylic acids is 2. The zero-order chi connectivity index (χ0) is 13.8. The molecule has 1 aromatic rings. The first-order valence-electron chi connectivity index (χ1n) is 6.33. The van der Waals surface area contributed by atoms with Crippen molar-refractivity contribution in [1.82, 2.24) is 10.2 Å². The highest BCUT2D eigenvalue weighted by Gasteiger charge is 2.21. The number of piperazine rings is 1. The summed E-state index contributed by atoms with van der Waals surface area (Å²) in [7, 11) is 1.34. The minimum atomic E-state index is -0.394. The Balaban J connectivity index is 0.00000200. The third-order valence-corrected chi connectivity index (χ3v) is 3.21. The summed E-state index contributed by atoms with van der Waals surface area (Å²) >= 11 is 0. The standard InChI is InChI=1S/C14H18N2O3.ClH/c1-10-9-16(8-7-15-10)13(17)11-3-5-12(6-4-11)14(18)19-2;/h3-6,10,15H,7-9H2,1-2H3;1H/t10-;/m1./s1. The normalized spacial score (nSPS) is 18.1. The van der Waals surface area contributed by atoms with Crippen molar-refractivity contribution in [3.05, 3.63) is 35.4 Å². The fraction of sp³-hybridized carbons (Fsp3) is 0.429. The van der Waals surface area contributed by atoms with Gasteiger partial charge in [0.15, 0.2) is 0 Å². The van der Waals surface area contributed by atoms with Gasteiger partial charge in [0.05, 0.1) is 12.7 Å². The smallest absolute Gasteiger partial charge is 0.337 e. The molecular formula is C14H19ClN2O3. The Bertz CT molecular complexity index is 476. The molecular weight excluding hydrogens is 280 g/mol. The van der Waals surface area contributed by atoms with E-state index in [2.05, 4.69) is 17.0 Å². The van der Waals surface area contributed by atoms with Crippen LogP contribution in [0.5, 0.6) is 0 Å². The van der Waals surface area contributed by atoms with Crippen molar-refractivity contribution < 1.29 is 14.3 Å². The van der Waals surface area contributed by atoms with E-state index in [4.69, 9.17) is 0 Å². The lowest BCUT2D eigenvalue weighted by Gasteiger charge is -2.32. The van der Waals surface area contributed by atoms with E-state index in [1.807, 2.05) is 4.90 Å². The van der Waals surface area contributed by atoms with Crippen LogP contribution in [0.15, 0.2) is 24.3 Å². The largest absolute Gasteiger partial charge is 0.465 e. The second-order valence-electron chi connectivity index (χ2n) is 4.68. The predicted octanol–water partition coefficient (Wildman–Crippen LogP) is 1.33. The molecule has 0 bridgehead atoms. The first-order chi connectivity index (χ1) is 9.11. The Labute approximate surface area is 124 Å². The molecule has 6 heteroatoms. The topological polar surface area (TPSA) is 58.6 Å². The van der Waals surface area contributed by atoms with E-state index in [9.17, 15) is 9.59 Å². The van der Waals surface area contributed by atoms with Crippen LogP contribution in [0.25, 0.3) is 0 Å². The van der Waals surface area contributed by atoms with Gasteiger partial charge in [-0.2, -0.15) is 0 Å². The summed E-state index contributed by atoms with van der Waals surface area (Å²) in [5.41, 5.74) is 1.05. The number of nitrogens with zero attached hydrogens (tertiary/aromatic N) is 1. The van der Waals surface area contributed by atoms with Crippen molar-refractivity contribution in [3.63, 3.8) is 0 Å². The number of esters is 1. The summed E-state index contributed by atoms with van der Waals surface area (Å²) in [5.74, 6) is -0.389. The molecule has 20 heavy (non-hydrogen) atoms. The summed E-state index contributed by atoms with van der Waals surface area (Å²) in [6.45, 7) is 4.28. The van der Waals surface area contributed by atoms with Crippen LogP contribution in [0.4, 0.5) is 0 Å². The van der Waals surface area contributed by atoms with Crippen molar-refractivity contribution in [2.24, 2.45) is 0 Å². The number of nitrogens with one attached hydrogen (secondary N) is 1. The van der Waals surface area contributed by atoms with E-state index in [-0.39, 0.29) is 18.3 Å². The van der Waals surface area contributed by atoms with Gasteiger partial charge in [0.25, 0.3) is 5.91 Å². The molecule has 1 heterocycles. The third kappa shape index (κ3) is 3.71. The lowest BCUT2D eigenvalue weighted by atomic mass is 10.1. The maximum Gasteiger partial charge on any atom is 0.337 e. The van der Waals surface area contributed by atoms with Gasteiger partial charge in [-0.05, 0) is 31.2 Å². The van der Waals surface area contributed by atoms with Gasteiger partial charge in [-0.15, -0.1) is 12.4 Å². The van der Waals surface area contributed by atoms with Crippen LogP contribution in [-0.4, -0.2) is 49.6 Å². The minimum absolute atomic E-state index is 0. The zero-order valence-corrected chi connectivity index (χ0v) is 12.4. The summed E-state index contributed by atoms with van der Waals surface area (Å²) in [6.07, 6.45) is 0. The molecule has 0 saturated carbocycles. The van der Waals surface area contributed by atoms with Gasteiger partial charge < -0.3 is 15.0 Å². The number of methoxy groups -OCH3 is 1. The summed E-state index contributed by atoms with van der Waals surface area (Å²) in [4.78, 5) is 25.4. The van der Waals surface area contributed by atoms with Crippen LogP contribution in [0.3, 0.4) is 0 Å². The van der Waals surface area contributed by atoms with Crippen LogP contribution in [0.2, 0.25) is 0 Å². The molecule has 110 valence electrons. The van der Waals surface area contributed by atoms with E-state index in [1.54, 1.807) is 24.3 Å². The van der Waals surface area contributed by atoms with Gasteiger partial charge in [0.2, 0.25) is 0 Å². The molecule has 1 atom stereocenters. The van der Waals surface area contributed by atoms with E-state index in [1.165, 1.54) is 7.11 Å². The number of amides is 1. The molecule has 0 spiro atoms. The predicted molar refractivity (Wildman–Crippen MR) is 78.4 cm³/mol. The average Bonchev–Trinajstić information content (AvgIpc) is 2.46. The van der Waals surface area contributed by atoms with Crippen LogP contribution >= 0.6 is 12.4 Å². The molecule has 0 radical (unpaired) electrons. The van der Waals surface area contributed by atoms with Crippen molar-refractivity contribution >= 4 is 24.3 Å². The van der Waals surface area contributed by atoms with Gasteiger partial charge >= 0.3 is 5.97 Å². The molecule has 1 saturated heterocycles. The monoisotopic (exact) mass is 298 g/mol. The lowest BCUT2D eigenvalue weighted by Crippen LogP contribution is -2.51. The molecule has 1 fully saturated rings. The Kier molecular flexibility index (Phi) is 5.98. The highest BCUT2D eigenvalue weighted by atomic mass is 35.5. The van der Waals surface area contributed by atoms with Crippen molar-refractivity contribution in [2.45, 2.75) is 13.0 Å². The van der Waals surface area contributed by atoms with Gasteiger partial charge in [-0.1, -0.05) is 0 Å². The maximum absolute atomic E-state index is 12.3. The first kappa shape index (κ1) is 16.5. The van der Waals surface area contributed by atoms with Gasteiger partial charge in [0.1, 0.15) is 0 Å². The van der Waals surface area contributed by atoms with Gasteiger partial charge in [-0.25, -0.2) is 4.79 Å². The fourth-order valence-electron chi connectivity index (χ4n) is 2.17. The van der Waals surface area contributed by atoms with Crippen LogP contribution in [0.1, 0.15) is 27.6 Å². The Morgan fingerprint density at radius 3 is 2.40 bits per heavy atom. The van der Waals surface area contributed by atoms with Crippen LogP contribution < -0.4 is 5.32 Å². The number of rotatable bonds is 2. The Hall–Kier alpha value is -1.59. The number of hydrogen-bond acceptors (Lipinski definition) is 4. The highest BCUT2D eigenvalue weighted by Crippen LogP contribution is 2.10. The first-order valence-corrected chi connectivity index (χ1v) is 6.33. The maximum atomic E-state index is 12.3. The SMILES string of the molecule is COC(=O)c1ccc(C(=O)N2CCN[C@H](C)C2)cc1.Cl. The lowest BCUT2D eigenvalue weighted by molar-refractivity contribution is 0.0599.